The smallest absolute Gasteiger partial charge is 0.235 e. The summed E-state index contributed by atoms with van der Waals surface area (Å²) in [6.45, 7) is 0.410. The molecule has 1 aliphatic heterocycles. The minimum absolute atomic E-state index is 0.148. The van der Waals surface area contributed by atoms with Crippen molar-refractivity contribution in [1.82, 2.24) is 0 Å². The molecular weight excluding hydrogens is 383 g/mol. The lowest BCUT2D eigenvalue weighted by Crippen LogP contribution is -2.32. The van der Waals surface area contributed by atoms with Crippen LogP contribution in [0.1, 0.15) is 12.0 Å². The van der Waals surface area contributed by atoms with Crippen LogP contribution < -0.4 is 9.62 Å². The fourth-order valence-corrected chi connectivity index (χ4v) is 4.82. The molecule has 1 N–H and O–H groups in total. The zero-order valence-electron chi connectivity index (χ0n) is 13.2. The van der Waals surface area contributed by atoms with Crippen molar-refractivity contribution in [1.29, 1.82) is 0 Å². The van der Waals surface area contributed by atoms with Gasteiger partial charge in [0.25, 0.3) is 0 Å². The minimum Gasteiger partial charge on any atom is -0.326 e. The number of hydrogen-bond acceptors (Lipinski definition) is 3. The van der Waals surface area contributed by atoms with Crippen LogP contribution in [0.3, 0.4) is 0 Å². The van der Waals surface area contributed by atoms with Gasteiger partial charge < -0.3 is 5.32 Å². The average molecular weight is 399 g/mol. The molecule has 0 atom stereocenters. The molecule has 0 aromatic heterocycles. The minimum atomic E-state index is -3.56. The molecule has 0 unspecified atom stereocenters. The number of carbonyl (C=O) groups excluding carboxylic acids is 1. The van der Waals surface area contributed by atoms with Gasteiger partial charge in [-0.05, 0) is 36.2 Å². The predicted octanol–water partition coefficient (Wildman–Crippen LogP) is 3.71. The van der Waals surface area contributed by atoms with Gasteiger partial charge in [-0.15, -0.1) is 0 Å². The summed E-state index contributed by atoms with van der Waals surface area (Å²) in [6, 6.07) is 12.1. The summed E-state index contributed by atoms with van der Waals surface area (Å²) in [5, 5.41) is 3.40. The molecule has 0 bridgehead atoms. The van der Waals surface area contributed by atoms with E-state index in [-0.39, 0.29) is 12.2 Å². The molecule has 1 heterocycles. The number of benzene rings is 2. The van der Waals surface area contributed by atoms with Gasteiger partial charge in [-0.3, -0.25) is 9.10 Å². The van der Waals surface area contributed by atoms with Gasteiger partial charge in [-0.1, -0.05) is 41.4 Å². The van der Waals surface area contributed by atoms with Crippen molar-refractivity contribution in [3.05, 3.63) is 58.1 Å². The first-order valence-electron chi connectivity index (χ1n) is 7.69. The van der Waals surface area contributed by atoms with Gasteiger partial charge in [0.15, 0.2) is 0 Å². The Kier molecular flexibility index (Phi) is 5.22. The van der Waals surface area contributed by atoms with E-state index in [2.05, 4.69) is 5.32 Å². The molecule has 3 rings (SSSR count). The SMILES string of the molecule is O=C(CCS(=O)(=O)N1CCc2ccccc21)Nc1cc(Cl)cc(Cl)c1. The Labute approximate surface area is 156 Å². The molecule has 0 radical (unpaired) electrons. The van der Waals surface area contributed by atoms with Gasteiger partial charge in [0, 0.05) is 28.7 Å². The Morgan fingerprint density at radius 2 is 1.80 bits per heavy atom. The standard InChI is InChI=1S/C17H16Cl2N2O3S/c18-13-9-14(19)11-15(10-13)20-17(22)6-8-25(23,24)21-7-5-12-3-1-2-4-16(12)21/h1-4,9-11H,5-8H2,(H,20,22). The van der Waals surface area contributed by atoms with E-state index in [1.165, 1.54) is 4.31 Å². The van der Waals surface area contributed by atoms with E-state index in [1.807, 2.05) is 18.2 Å². The molecule has 5 nitrogen and oxygen atoms in total. The highest BCUT2D eigenvalue weighted by atomic mass is 35.5. The van der Waals surface area contributed by atoms with Crippen LogP contribution in [0, 0.1) is 0 Å². The van der Waals surface area contributed by atoms with Crippen molar-refractivity contribution in [3.8, 4) is 0 Å². The molecule has 0 saturated heterocycles. The second kappa shape index (κ2) is 7.23. The van der Waals surface area contributed by atoms with Gasteiger partial charge in [0.05, 0.1) is 11.4 Å². The Hall–Kier alpha value is -1.76. The molecule has 1 amide bonds. The monoisotopic (exact) mass is 398 g/mol. The van der Waals surface area contributed by atoms with Crippen molar-refractivity contribution in [2.45, 2.75) is 12.8 Å². The van der Waals surface area contributed by atoms with Gasteiger partial charge in [-0.2, -0.15) is 0 Å². The lowest BCUT2D eigenvalue weighted by atomic mass is 10.2. The highest BCUT2D eigenvalue weighted by molar-refractivity contribution is 7.92. The van der Waals surface area contributed by atoms with Gasteiger partial charge in [-0.25, -0.2) is 8.42 Å². The lowest BCUT2D eigenvalue weighted by molar-refractivity contribution is -0.115. The number of nitrogens with one attached hydrogen (secondary N) is 1. The summed E-state index contributed by atoms with van der Waals surface area (Å²) >= 11 is 11.8. The first-order chi connectivity index (χ1) is 11.8. The van der Waals surface area contributed by atoms with Crippen molar-refractivity contribution < 1.29 is 13.2 Å². The molecule has 2 aromatic rings. The van der Waals surface area contributed by atoms with Crippen LogP contribution in [0.5, 0.6) is 0 Å². The summed E-state index contributed by atoms with van der Waals surface area (Å²) in [4.78, 5) is 12.1. The molecule has 0 spiro atoms. The normalized spacial score (nSPS) is 13.6. The Balaban J connectivity index is 1.64. The maximum absolute atomic E-state index is 12.6. The van der Waals surface area contributed by atoms with E-state index in [4.69, 9.17) is 23.2 Å². The maximum Gasteiger partial charge on any atom is 0.235 e. The van der Waals surface area contributed by atoms with Crippen molar-refractivity contribution >= 4 is 50.5 Å². The first-order valence-corrected chi connectivity index (χ1v) is 10.1. The second-order valence-electron chi connectivity index (χ2n) is 5.72. The largest absolute Gasteiger partial charge is 0.326 e. The molecule has 0 fully saturated rings. The highest BCUT2D eigenvalue weighted by Crippen LogP contribution is 2.30. The van der Waals surface area contributed by atoms with E-state index in [0.717, 1.165) is 5.56 Å². The fraction of sp³-hybridized carbons (Fsp3) is 0.235. The van der Waals surface area contributed by atoms with Gasteiger partial charge in [0.2, 0.25) is 15.9 Å². The molecule has 8 heteroatoms. The summed E-state index contributed by atoms with van der Waals surface area (Å²) < 4.78 is 26.5. The summed E-state index contributed by atoms with van der Waals surface area (Å²) in [7, 11) is -3.56. The summed E-state index contributed by atoms with van der Waals surface area (Å²) in [5.41, 5.74) is 2.14. The maximum atomic E-state index is 12.6. The molecule has 132 valence electrons. The van der Waals surface area contributed by atoms with Gasteiger partial charge in [0.1, 0.15) is 0 Å². The van der Waals surface area contributed by atoms with Gasteiger partial charge >= 0.3 is 0 Å². The second-order valence-corrected chi connectivity index (χ2v) is 8.61. The number of fused-ring (bicyclic) bond motifs is 1. The predicted molar refractivity (Wildman–Crippen MR) is 101 cm³/mol. The van der Waals surface area contributed by atoms with E-state index in [9.17, 15) is 13.2 Å². The number of halogens is 2. The van der Waals surface area contributed by atoms with E-state index in [0.29, 0.717) is 34.4 Å². The zero-order valence-corrected chi connectivity index (χ0v) is 15.5. The van der Waals surface area contributed by atoms with E-state index < -0.39 is 15.9 Å². The third-order valence-corrected chi connectivity index (χ3v) is 6.12. The van der Waals surface area contributed by atoms with Crippen molar-refractivity contribution in [3.63, 3.8) is 0 Å². The summed E-state index contributed by atoms with van der Waals surface area (Å²) in [5.74, 6) is -0.670. The van der Waals surface area contributed by atoms with Crippen LogP contribution in [0.4, 0.5) is 11.4 Å². The lowest BCUT2D eigenvalue weighted by Gasteiger charge is -2.19. The van der Waals surface area contributed by atoms with Crippen LogP contribution in [-0.2, 0) is 21.2 Å². The zero-order chi connectivity index (χ0) is 18.0. The topological polar surface area (TPSA) is 66.5 Å². The quantitative estimate of drug-likeness (QED) is 0.834. The summed E-state index contributed by atoms with van der Waals surface area (Å²) in [6.07, 6.45) is 0.535. The van der Waals surface area contributed by atoms with E-state index in [1.54, 1.807) is 24.3 Å². The first kappa shape index (κ1) is 18.0. The number of anilines is 2. The third kappa shape index (κ3) is 4.26. The van der Waals surface area contributed by atoms with Crippen molar-refractivity contribution in [2.24, 2.45) is 0 Å². The fourth-order valence-electron chi connectivity index (χ4n) is 2.78. The Bertz CT molecular complexity index is 896. The number of carbonyl (C=O) groups is 1. The van der Waals surface area contributed by atoms with Crippen LogP contribution in [0.2, 0.25) is 10.0 Å². The number of amides is 1. The molecule has 25 heavy (non-hydrogen) atoms. The molecule has 1 aliphatic rings. The number of para-hydroxylation sites is 1. The van der Waals surface area contributed by atoms with Crippen LogP contribution in [-0.4, -0.2) is 26.6 Å². The van der Waals surface area contributed by atoms with E-state index >= 15 is 0 Å². The molecule has 2 aromatic carbocycles. The van der Waals surface area contributed by atoms with Crippen LogP contribution >= 0.6 is 23.2 Å². The molecular formula is C17H16Cl2N2O3S. The Morgan fingerprint density at radius 1 is 1.12 bits per heavy atom. The number of nitrogens with zero attached hydrogens (tertiary/aromatic N) is 1. The van der Waals surface area contributed by atoms with Crippen molar-refractivity contribution in [2.75, 3.05) is 21.9 Å². The molecule has 0 saturated carbocycles. The number of sulfonamides is 1. The van der Waals surface area contributed by atoms with Crippen LogP contribution in [0.15, 0.2) is 42.5 Å². The average Bonchev–Trinajstić information content (AvgIpc) is 2.97. The van der Waals surface area contributed by atoms with Crippen LogP contribution in [0.25, 0.3) is 0 Å². The Morgan fingerprint density at radius 3 is 2.52 bits per heavy atom. The number of hydrogen-bond donors (Lipinski definition) is 1. The molecule has 0 aliphatic carbocycles. The third-order valence-electron chi connectivity index (χ3n) is 3.91. The highest BCUT2D eigenvalue weighted by Gasteiger charge is 2.29. The number of rotatable bonds is 5.